The molecule has 2 saturated heterocycles. The first-order chi connectivity index (χ1) is 16.9. The van der Waals surface area contributed by atoms with Gasteiger partial charge in [0.15, 0.2) is 0 Å². The van der Waals surface area contributed by atoms with E-state index in [-0.39, 0.29) is 37.1 Å². The van der Waals surface area contributed by atoms with Gasteiger partial charge < -0.3 is 9.64 Å². The van der Waals surface area contributed by atoms with Crippen molar-refractivity contribution in [2.75, 3.05) is 46.4 Å². The van der Waals surface area contributed by atoms with Crippen molar-refractivity contribution < 1.29 is 19.1 Å². The molecule has 2 aromatic rings. The molecule has 0 aliphatic carbocycles. The van der Waals surface area contributed by atoms with Crippen molar-refractivity contribution >= 4 is 29.3 Å². The van der Waals surface area contributed by atoms with Gasteiger partial charge in [-0.25, -0.2) is 0 Å². The molecule has 4 rings (SSSR count). The minimum Gasteiger partial charge on any atom is -0.385 e. The Bertz CT molecular complexity index is 1060. The summed E-state index contributed by atoms with van der Waals surface area (Å²) in [6, 6.07) is 12.9. The van der Waals surface area contributed by atoms with Gasteiger partial charge in [0.2, 0.25) is 17.7 Å². The first-order valence-electron chi connectivity index (χ1n) is 11.9. The Balaban J connectivity index is 1.48. The molecule has 1 aromatic heterocycles. The zero-order valence-electron chi connectivity index (χ0n) is 20.0. The van der Waals surface area contributed by atoms with Crippen LogP contribution in [0.1, 0.15) is 30.5 Å². The normalized spacial score (nSPS) is 21.1. The van der Waals surface area contributed by atoms with Crippen molar-refractivity contribution in [2.45, 2.75) is 31.2 Å². The third-order valence-electron chi connectivity index (χ3n) is 6.82. The smallest absolute Gasteiger partial charge is 0.240 e. The maximum atomic E-state index is 13.7. The van der Waals surface area contributed by atoms with Crippen LogP contribution in [0.3, 0.4) is 0 Å². The molecule has 2 fully saturated rings. The van der Waals surface area contributed by atoms with Gasteiger partial charge in [-0.2, -0.15) is 0 Å². The summed E-state index contributed by atoms with van der Waals surface area (Å²) in [5.74, 6) is -0.768. The third kappa shape index (κ3) is 5.55. The first-order valence-corrected chi connectivity index (χ1v) is 12.3. The van der Waals surface area contributed by atoms with Crippen LogP contribution < -0.4 is 0 Å². The van der Waals surface area contributed by atoms with Crippen molar-refractivity contribution in [1.29, 1.82) is 0 Å². The van der Waals surface area contributed by atoms with Gasteiger partial charge in [0, 0.05) is 77.0 Å². The number of rotatable bonds is 9. The lowest BCUT2D eigenvalue weighted by atomic mass is 9.75. The van der Waals surface area contributed by atoms with Crippen LogP contribution in [-0.2, 0) is 31.1 Å². The van der Waals surface area contributed by atoms with E-state index in [0.717, 1.165) is 25.3 Å². The predicted molar refractivity (Wildman–Crippen MR) is 132 cm³/mol. The largest absolute Gasteiger partial charge is 0.385 e. The van der Waals surface area contributed by atoms with E-state index in [1.54, 1.807) is 42.5 Å². The van der Waals surface area contributed by atoms with E-state index in [4.69, 9.17) is 16.3 Å². The topological polar surface area (TPSA) is 83.1 Å². The summed E-state index contributed by atoms with van der Waals surface area (Å²) in [6.45, 7) is 3.99. The number of amides is 3. The Kier molecular flexibility index (Phi) is 8.15. The Hall–Kier alpha value is -2.81. The molecule has 3 amide bonds. The highest BCUT2D eigenvalue weighted by molar-refractivity contribution is 6.32. The quantitative estimate of drug-likeness (QED) is 0.390. The van der Waals surface area contributed by atoms with Crippen molar-refractivity contribution in [2.24, 2.45) is 0 Å². The highest BCUT2D eigenvalue weighted by atomic mass is 35.5. The van der Waals surface area contributed by atoms with Gasteiger partial charge in [0.05, 0.1) is 11.1 Å². The summed E-state index contributed by atoms with van der Waals surface area (Å²) in [4.78, 5) is 49.8. The number of carbonyl (C=O) groups is 3. The Morgan fingerprint density at radius 1 is 1.09 bits per heavy atom. The van der Waals surface area contributed by atoms with E-state index in [1.807, 2.05) is 18.2 Å². The van der Waals surface area contributed by atoms with Crippen molar-refractivity contribution in [3.8, 4) is 0 Å². The van der Waals surface area contributed by atoms with Gasteiger partial charge in [-0.3, -0.25) is 29.2 Å². The molecule has 1 aromatic carbocycles. The van der Waals surface area contributed by atoms with Gasteiger partial charge in [-0.05, 0) is 30.2 Å². The highest BCUT2D eigenvalue weighted by Crippen LogP contribution is 2.43. The lowest BCUT2D eigenvalue weighted by molar-refractivity contribution is -0.143. The zero-order valence-corrected chi connectivity index (χ0v) is 20.7. The molecule has 2 aliphatic heterocycles. The summed E-state index contributed by atoms with van der Waals surface area (Å²) < 4.78 is 5.08. The monoisotopic (exact) mass is 498 g/mol. The zero-order chi connectivity index (χ0) is 24.8. The molecule has 2 aliphatic rings. The van der Waals surface area contributed by atoms with Gasteiger partial charge in [0.1, 0.15) is 0 Å². The van der Waals surface area contributed by atoms with Crippen LogP contribution in [0.4, 0.5) is 0 Å². The van der Waals surface area contributed by atoms with E-state index in [0.29, 0.717) is 36.7 Å². The van der Waals surface area contributed by atoms with E-state index in [9.17, 15) is 14.4 Å². The number of likely N-dealkylation sites (tertiary alicyclic amines) is 1. The first kappa shape index (κ1) is 25.3. The molecule has 8 nitrogen and oxygen atoms in total. The average Bonchev–Trinajstić information content (AvgIpc) is 3.10. The van der Waals surface area contributed by atoms with Crippen LogP contribution >= 0.6 is 11.6 Å². The number of carbonyl (C=O) groups excluding carboxylic acids is 3. The van der Waals surface area contributed by atoms with Crippen molar-refractivity contribution in [3.05, 3.63) is 64.9 Å². The number of nitrogens with zero attached hydrogens (tertiary/aromatic N) is 4. The average molecular weight is 499 g/mol. The number of halogens is 1. The SMILES string of the molecule is COCCCN1C(=O)C[C@](CC(=O)N2CCN(Cc3ccccn3)CC2)(c2ccccc2Cl)C1=O. The lowest BCUT2D eigenvalue weighted by Crippen LogP contribution is -2.50. The predicted octanol–water partition coefficient (Wildman–Crippen LogP) is 2.50. The number of imide groups is 1. The molecule has 186 valence electrons. The Morgan fingerprint density at radius 2 is 1.83 bits per heavy atom. The number of benzene rings is 1. The maximum Gasteiger partial charge on any atom is 0.240 e. The number of piperazine rings is 1. The summed E-state index contributed by atoms with van der Waals surface area (Å²) in [5, 5.41) is 0.389. The molecule has 0 N–H and O–H groups in total. The molecule has 9 heteroatoms. The Morgan fingerprint density at radius 3 is 2.51 bits per heavy atom. The molecule has 0 saturated carbocycles. The second kappa shape index (κ2) is 11.3. The molecule has 0 bridgehead atoms. The van der Waals surface area contributed by atoms with Crippen LogP contribution in [0.2, 0.25) is 5.02 Å². The number of hydrogen-bond donors (Lipinski definition) is 0. The van der Waals surface area contributed by atoms with E-state index in [2.05, 4.69) is 9.88 Å². The minimum atomic E-state index is -1.29. The second-order valence-corrected chi connectivity index (χ2v) is 9.50. The number of aromatic nitrogens is 1. The second-order valence-electron chi connectivity index (χ2n) is 9.09. The number of pyridine rings is 1. The fourth-order valence-corrected chi connectivity index (χ4v) is 5.25. The summed E-state index contributed by atoms with van der Waals surface area (Å²) in [7, 11) is 1.58. The molecule has 1 atom stereocenters. The van der Waals surface area contributed by atoms with E-state index in [1.165, 1.54) is 4.90 Å². The molecule has 0 unspecified atom stereocenters. The fraction of sp³-hybridized carbons (Fsp3) is 0.462. The van der Waals surface area contributed by atoms with E-state index >= 15 is 0 Å². The van der Waals surface area contributed by atoms with Crippen LogP contribution in [0.5, 0.6) is 0 Å². The fourth-order valence-electron chi connectivity index (χ4n) is 4.93. The van der Waals surface area contributed by atoms with Gasteiger partial charge in [-0.1, -0.05) is 35.9 Å². The lowest BCUT2D eigenvalue weighted by Gasteiger charge is -2.36. The van der Waals surface area contributed by atoms with Crippen molar-refractivity contribution in [1.82, 2.24) is 19.7 Å². The van der Waals surface area contributed by atoms with Crippen LogP contribution in [-0.4, -0.2) is 83.8 Å². The standard InChI is InChI=1S/C26H31ClN4O4/c1-35-16-6-11-31-24(33)18-26(25(31)34,21-8-2-3-9-22(21)27)17-23(32)30-14-12-29(13-15-30)19-20-7-4-5-10-28-20/h2-5,7-10H,6,11-19H2,1H3/t26-/m1/s1. The summed E-state index contributed by atoms with van der Waals surface area (Å²) in [5.41, 5.74) is 0.245. The molecular weight excluding hydrogens is 468 g/mol. The number of ether oxygens (including phenoxy) is 1. The Labute approximate surface area is 210 Å². The van der Waals surface area contributed by atoms with Gasteiger partial charge >= 0.3 is 0 Å². The van der Waals surface area contributed by atoms with Crippen molar-refractivity contribution in [3.63, 3.8) is 0 Å². The maximum absolute atomic E-state index is 13.7. The van der Waals surface area contributed by atoms with Crippen LogP contribution in [0, 0.1) is 0 Å². The summed E-state index contributed by atoms with van der Waals surface area (Å²) >= 11 is 6.51. The van der Waals surface area contributed by atoms with Gasteiger partial charge in [0.25, 0.3) is 0 Å². The van der Waals surface area contributed by atoms with Crippen LogP contribution in [0.15, 0.2) is 48.7 Å². The number of methoxy groups -OCH3 is 1. The highest BCUT2D eigenvalue weighted by Gasteiger charge is 2.54. The van der Waals surface area contributed by atoms with Gasteiger partial charge in [-0.15, -0.1) is 0 Å². The van der Waals surface area contributed by atoms with Crippen LogP contribution in [0.25, 0.3) is 0 Å². The molecule has 3 heterocycles. The van der Waals surface area contributed by atoms with E-state index < -0.39 is 5.41 Å². The third-order valence-corrected chi connectivity index (χ3v) is 7.15. The minimum absolute atomic E-state index is 0.0616. The summed E-state index contributed by atoms with van der Waals surface area (Å²) in [6.07, 6.45) is 2.18. The molecule has 0 spiro atoms. The molecule has 0 radical (unpaired) electrons. The molecule has 35 heavy (non-hydrogen) atoms. The number of hydrogen-bond acceptors (Lipinski definition) is 6. The molecular formula is C26H31ClN4O4.